The summed E-state index contributed by atoms with van der Waals surface area (Å²) in [6, 6.07) is 1.85. The fourth-order valence-electron chi connectivity index (χ4n) is 1.52. The molecule has 0 saturated heterocycles. The van der Waals surface area contributed by atoms with Gasteiger partial charge in [0.05, 0.1) is 18.9 Å². The molecule has 0 aliphatic heterocycles. The number of carbonyl (C=O) groups is 1. The highest BCUT2D eigenvalue weighted by atomic mass is 32.2. The molecule has 1 aromatic heterocycles. The molecule has 6 nitrogen and oxygen atoms in total. The van der Waals surface area contributed by atoms with Crippen molar-refractivity contribution in [1.82, 2.24) is 4.98 Å². The minimum Gasteiger partial charge on any atom is -0.611 e. The second kappa shape index (κ2) is 6.29. The minimum atomic E-state index is -1.21. The predicted molar refractivity (Wildman–Crippen MR) is 77.0 cm³/mol. The Morgan fingerprint density at radius 1 is 1.57 bits per heavy atom. The Bertz CT molecular complexity index is 675. The number of nitrogens with zero attached hydrogens (tertiary/aromatic N) is 1. The summed E-state index contributed by atoms with van der Waals surface area (Å²) in [6.45, 7) is 0. The van der Waals surface area contributed by atoms with E-state index in [-0.39, 0.29) is 16.4 Å². The van der Waals surface area contributed by atoms with Gasteiger partial charge in [0.1, 0.15) is 12.1 Å². The predicted octanol–water partition coefficient (Wildman–Crippen LogP) is 1.99. The fourth-order valence-corrected chi connectivity index (χ4v) is 2.97. The van der Waals surface area contributed by atoms with Crippen LogP contribution in [0.2, 0.25) is 0 Å². The standard InChI is InChI=1S/C12H11FN2O4S2/c1-19-8-4-6(13)3-7(10(8)16)11(17)15-12-14-5-9(20-12)21(2)18/h3-5,16H,1-2H3,(H,14,15,17). The zero-order valence-corrected chi connectivity index (χ0v) is 12.7. The van der Waals surface area contributed by atoms with Crippen molar-refractivity contribution in [2.45, 2.75) is 4.21 Å². The van der Waals surface area contributed by atoms with E-state index in [0.29, 0.717) is 4.21 Å². The summed E-state index contributed by atoms with van der Waals surface area (Å²) in [7, 11) is 1.25. The molecule has 1 atom stereocenters. The Morgan fingerprint density at radius 2 is 2.29 bits per heavy atom. The average molecular weight is 330 g/mol. The second-order valence-corrected chi connectivity index (χ2v) is 6.53. The Hall–Kier alpha value is -1.84. The van der Waals surface area contributed by atoms with E-state index in [4.69, 9.17) is 4.74 Å². The zero-order valence-electron chi connectivity index (χ0n) is 11.0. The van der Waals surface area contributed by atoms with Gasteiger partial charge in [-0.05, 0) is 28.6 Å². The van der Waals surface area contributed by atoms with Crippen LogP contribution in [0.15, 0.2) is 22.5 Å². The van der Waals surface area contributed by atoms with Gasteiger partial charge in [-0.2, -0.15) is 0 Å². The van der Waals surface area contributed by atoms with E-state index in [1.165, 1.54) is 19.6 Å². The molecule has 0 aliphatic carbocycles. The van der Waals surface area contributed by atoms with Crippen LogP contribution in [0.1, 0.15) is 10.4 Å². The number of hydrogen-bond donors (Lipinski definition) is 2. The van der Waals surface area contributed by atoms with Gasteiger partial charge in [0, 0.05) is 6.07 Å². The molecule has 1 aromatic carbocycles. The summed E-state index contributed by atoms with van der Waals surface area (Å²) < 4.78 is 29.9. The molecule has 0 radical (unpaired) electrons. The lowest BCUT2D eigenvalue weighted by Gasteiger charge is -2.08. The highest BCUT2D eigenvalue weighted by molar-refractivity contribution is 7.92. The minimum absolute atomic E-state index is 0.144. The summed E-state index contributed by atoms with van der Waals surface area (Å²) >= 11 is -0.171. The maximum absolute atomic E-state index is 13.4. The SMILES string of the molecule is COc1cc(F)cc(C(=O)Nc2ncc([S+](C)[O-])s2)c1O. The lowest BCUT2D eigenvalue weighted by molar-refractivity contribution is 0.102. The fraction of sp³-hybridized carbons (Fsp3) is 0.167. The van der Waals surface area contributed by atoms with E-state index in [1.807, 2.05) is 0 Å². The van der Waals surface area contributed by atoms with Crippen molar-refractivity contribution in [3.05, 3.63) is 29.7 Å². The third-order valence-corrected chi connectivity index (χ3v) is 4.83. The molecule has 21 heavy (non-hydrogen) atoms. The molecule has 112 valence electrons. The number of halogens is 1. The van der Waals surface area contributed by atoms with Crippen LogP contribution >= 0.6 is 11.3 Å². The topological polar surface area (TPSA) is 94.5 Å². The van der Waals surface area contributed by atoms with E-state index in [1.54, 1.807) is 0 Å². The van der Waals surface area contributed by atoms with E-state index in [0.717, 1.165) is 23.5 Å². The molecule has 0 spiro atoms. The molecule has 2 aromatic rings. The number of methoxy groups -OCH3 is 1. The van der Waals surface area contributed by atoms with Gasteiger partial charge in [-0.1, -0.05) is 0 Å². The number of hydrogen-bond acceptors (Lipinski definition) is 6. The lowest BCUT2D eigenvalue weighted by atomic mass is 10.1. The van der Waals surface area contributed by atoms with Gasteiger partial charge in [0.2, 0.25) is 4.21 Å². The number of thiazole rings is 1. The van der Waals surface area contributed by atoms with Gasteiger partial charge in [0.25, 0.3) is 5.91 Å². The maximum Gasteiger partial charge on any atom is 0.261 e. The second-order valence-electron chi connectivity index (χ2n) is 3.90. The molecule has 0 bridgehead atoms. The van der Waals surface area contributed by atoms with Crippen LogP contribution in [0.3, 0.4) is 0 Å². The number of rotatable bonds is 4. The number of benzene rings is 1. The van der Waals surface area contributed by atoms with E-state index in [2.05, 4.69) is 10.3 Å². The van der Waals surface area contributed by atoms with Gasteiger partial charge < -0.3 is 14.4 Å². The number of anilines is 1. The van der Waals surface area contributed by atoms with Crippen LogP contribution in [-0.4, -0.2) is 33.9 Å². The third kappa shape index (κ3) is 3.43. The number of ether oxygens (including phenoxy) is 1. The monoisotopic (exact) mass is 330 g/mol. The van der Waals surface area contributed by atoms with Gasteiger partial charge in [0.15, 0.2) is 16.6 Å². The zero-order chi connectivity index (χ0) is 15.6. The molecular weight excluding hydrogens is 319 g/mol. The quantitative estimate of drug-likeness (QED) is 0.836. The highest BCUT2D eigenvalue weighted by Gasteiger charge is 2.19. The Balaban J connectivity index is 2.25. The number of carbonyl (C=O) groups excluding carboxylic acids is 1. The number of aromatic hydroxyl groups is 1. The number of nitrogens with one attached hydrogen (secondary N) is 1. The Morgan fingerprint density at radius 3 is 2.86 bits per heavy atom. The largest absolute Gasteiger partial charge is 0.611 e. The van der Waals surface area contributed by atoms with E-state index in [9.17, 15) is 18.8 Å². The van der Waals surface area contributed by atoms with Crippen molar-refractivity contribution in [2.24, 2.45) is 0 Å². The smallest absolute Gasteiger partial charge is 0.261 e. The van der Waals surface area contributed by atoms with E-state index < -0.39 is 28.6 Å². The first-order valence-electron chi connectivity index (χ1n) is 5.59. The summed E-state index contributed by atoms with van der Waals surface area (Å²) in [5.41, 5.74) is -0.277. The number of aromatic nitrogens is 1. The number of phenolic OH excluding ortho intramolecular Hbond substituents is 1. The maximum atomic E-state index is 13.4. The van der Waals surface area contributed by atoms with Gasteiger partial charge in [-0.15, -0.1) is 0 Å². The molecule has 0 aliphatic rings. The molecule has 2 rings (SSSR count). The lowest BCUT2D eigenvalue weighted by Crippen LogP contribution is -2.12. The first-order valence-corrected chi connectivity index (χ1v) is 7.97. The van der Waals surface area contributed by atoms with Crippen molar-refractivity contribution in [1.29, 1.82) is 0 Å². The van der Waals surface area contributed by atoms with Gasteiger partial charge >= 0.3 is 0 Å². The molecule has 1 heterocycles. The average Bonchev–Trinajstić information content (AvgIpc) is 2.89. The van der Waals surface area contributed by atoms with Crippen LogP contribution in [0, 0.1) is 5.82 Å². The number of phenols is 1. The molecule has 0 fully saturated rings. The molecule has 0 saturated carbocycles. The van der Waals surface area contributed by atoms with Gasteiger partial charge in [-0.25, -0.2) is 9.37 Å². The molecular formula is C12H11FN2O4S2. The van der Waals surface area contributed by atoms with Crippen LogP contribution in [0.4, 0.5) is 9.52 Å². The summed E-state index contributed by atoms with van der Waals surface area (Å²) in [4.78, 5) is 15.9. The van der Waals surface area contributed by atoms with Crippen molar-refractivity contribution in [3.8, 4) is 11.5 Å². The van der Waals surface area contributed by atoms with E-state index >= 15 is 0 Å². The van der Waals surface area contributed by atoms with Crippen LogP contribution in [0.5, 0.6) is 11.5 Å². The molecule has 2 N–H and O–H groups in total. The highest BCUT2D eigenvalue weighted by Crippen LogP contribution is 2.32. The van der Waals surface area contributed by atoms with Crippen molar-refractivity contribution < 1.29 is 23.6 Å². The Kier molecular flexibility index (Phi) is 4.66. The van der Waals surface area contributed by atoms with Gasteiger partial charge in [-0.3, -0.25) is 10.1 Å². The Labute approximate surface area is 126 Å². The third-order valence-electron chi connectivity index (χ3n) is 2.49. The summed E-state index contributed by atoms with van der Waals surface area (Å²) in [5.74, 6) is -2.07. The molecule has 1 unspecified atom stereocenters. The van der Waals surface area contributed by atoms with Crippen LogP contribution < -0.4 is 10.1 Å². The van der Waals surface area contributed by atoms with Crippen molar-refractivity contribution >= 4 is 33.6 Å². The van der Waals surface area contributed by atoms with Crippen LogP contribution in [0.25, 0.3) is 0 Å². The number of amides is 1. The molecule has 9 heteroatoms. The van der Waals surface area contributed by atoms with Crippen molar-refractivity contribution in [2.75, 3.05) is 18.7 Å². The first kappa shape index (κ1) is 15.5. The first-order chi connectivity index (χ1) is 9.92. The summed E-state index contributed by atoms with van der Waals surface area (Å²) in [6.07, 6.45) is 2.87. The van der Waals surface area contributed by atoms with Crippen LogP contribution in [-0.2, 0) is 11.2 Å². The van der Waals surface area contributed by atoms with Crippen molar-refractivity contribution in [3.63, 3.8) is 0 Å². The molecule has 1 amide bonds. The normalized spacial score (nSPS) is 12.0. The summed E-state index contributed by atoms with van der Waals surface area (Å²) in [5, 5.41) is 12.4.